The van der Waals surface area contributed by atoms with Crippen molar-refractivity contribution in [3.8, 4) is 11.1 Å². The maximum atomic E-state index is 13.3. The third kappa shape index (κ3) is 5.57. The molecule has 7 nitrogen and oxygen atoms in total. The first kappa shape index (κ1) is 25.0. The van der Waals surface area contributed by atoms with Gasteiger partial charge in [-0.15, -0.1) is 0 Å². The Balaban J connectivity index is 1.52. The van der Waals surface area contributed by atoms with Gasteiger partial charge >= 0.3 is 12.1 Å². The number of alkyl carbamates (subject to hydrolysis) is 1. The zero-order valence-electron chi connectivity index (χ0n) is 20.3. The van der Waals surface area contributed by atoms with E-state index in [0.717, 1.165) is 27.8 Å². The van der Waals surface area contributed by atoms with E-state index in [1.165, 1.54) is 0 Å². The number of benzene rings is 3. The van der Waals surface area contributed by atoms with Crippen LogP contribution in [0.25, 0.3) is 11.1 Å². The molecular weight excluding hydrogens is 456 g/mol. The van der Waals surface area contributed by atoms with Crippen molar-refractivity contribution in [1.29, 1.82) is 0 Å². The van der Waals surface area contributed by atoms with Gasteiger partial charge in [0.1, 0.15) is 18.7 Å². The monoisotopic (exact) mass is 486 g/mol. The maximum Gasteiger partial charge on any atom is 0.408 e. The highest BCUT2D eigenvalue weighted by molar-refractivity contribution is 5.91. The number of carbonyl (C=O) groups excluding carboxylic acids is 2. The normalized spacial score (nSPS) is 13.9. The Labute approximate surface area is 210 Å². The van der Waals surface area contributed by atoms with Crippen LogP contribution in [0.2, 0.25) is 0 Å². The minimum atomic E-state index is -1.21. The molecule has 36 heavy (non-hydrogen) atoms. The Hall–Kier alpha value is -4.13. The molecule has 3 aromatic rings. The predicted molar refractivity (Wildman–Crippen MR) is 136 cm³/mol. The average Bonchev–Trinajstić information content (AvgIpc) is 3.20. The van der Waals surface area contributed by atoms with Crippen LogP contribution in [0.5, 0.6) is 0 Å². The van der Waals surface area contributed by atoms with Gasteiger partial charge in [0.25, 0.3) is 0 Å². The molecule has 0 aliphatic heterocycles. The van der Waals surface area contributed by atoms with Gasteiger partial charge in [0.2, 0.25) is 5.91 Å². The van der Waals surface area contributed by atoms with Gasteiger partial charge in [-0.3, -0.25) is 4.79 Å². The van der Waals surface area contributed by atoms with E-state index in [-0.39, 0.29) is 12.5 Å². The summed E-state index contributed by atoms with van der Waals surface area (Å²) in [4.78, 5) is 38.3. The summed E-state index contributed by atoms with van der Waals surface area (Å²) in [7, 11) is 0. The van der Waals surface area contributed by atoms with Crippen molar-refractivity contribution in [1.82, 2.24) is 10.6 Å². The van der Waals surface area contributed by atoms with E-state index in [0.29, 0.717) is 6.42 Å². The molecule has 0 unspecified atom stereocenters. The molecule has 3 aromatic carbocycles. The molecule has 0 radical (unpaired) electrons. The minimum absolute atomic E-state index is 0.0656. The zero-order valence-corrected chi connectivity index (χ0v) is 20.3. The second-order valence-corrected chi connectivity index (χ2v) is 9.36. The number of rotatable bonds is 9. The number of aliphatic carboxylic acids is 1. The van der Waals surface area contributed by atoms with Crippen LogP contribution in [0, 0.1) is 5.92 Å². The molecule has 2 atom stereocenters. The lowest BCUT2D eigenvalue weighted by molar-refractivity contribution is -0.142. The summed E-state index contributed by atoms with van der Waals surface area (Å²) in [6.45, 7) is 3.92. The van der Waals surface area contributed by atoms with Gasteiger partial charge in [0, 0.05) is 5.92 Å². The molecule has 0 saturated heterocycles. The van der Waals surface area contributed by atoms with Gasteiger partial charge in [-0.25, -0.2) is 9.59 Å². The summed E-state index contributed by atoms with van der Waals surface area (Å²) in [5, 5.41) is 15.5. The number of carboxylic acid groups (broad SMARTS) is 1. The first-order valence-electron chi connectivity index (χ1n) is 12.0. The fourth-order valence-electron chi connectivity index (χ4n) is 4.71. The van der Waals surface area contributed by atoms with E-state index in [9.17, 15) is 19.5 Å². The van der Waals surface area contributed by atoms with Crippen molar-refractivity contribution in [2.45, 2.75) is 44.9 Å². The molecule has 0 bridgehead atoms. The van der Waals surface area contributed by atoms with E-state index in [4.69, 9.17) is 4.74 Å². The SMILES string of the molecule is CC(C)C[C@H](NC(=O)OCc1ccccc1)C(=O)N[C@@H](C(=O)O)C1c2ccccc2-c2ccccc21. The number of carbonyl (C=O) groups is 3. The molecular formula is C29H30N2O5. The van der Waals surface area contributed by atoms with Crippen molar-refractivity contribution in [3.63, 3.8) is 0 Å². The predicted octanol–water partition coefficient (Wildman–Crippen LogP) is 4.71. The summed E-state index contributed by atoms with van der Waals surface area (Å²) in [6.07, 6.45) is -0.403. The fourth-order valence-corrected chi connectivity index (χ4v) is 4.71. The number of fused-ring (bicyclic) bond motifs is 3. The highest BCUT2D eigenvalue weighted by atomic mass is 16.5. The van der Waals surface area contributed by atoms with Crippen LogP contribution in [0.4, 0.5) is 4.79 Å². The summed E-state index contributed by atoms with van der Waals surface area (Å²) < 4.78 is 5.29. The van der Waals surface area contributed by atoms with Crippen LogP contribution in [0.3, 0.4) is 0 Å². The highest BCUT2D eigenvalue weighted by Gasteiger charge is 2.40. The number of ether oxygens (including phenoxy) is 1. The van der Waals surface area contributed by atoms with Crippen molar-refractivity contribution >= 4 is 18.0 Å². The lowest BCUT2D eigenvalue weighted by atomic mass is 9.89. The average molecular weight is 487 g/mol. The number of carboxylic acids is 1. The molecule has 0 aromatic heterocycles. The molecule has 0 spiro atoms. The van der Waals surface area contributed by atoms with Crippen LogP contribution < -0.4 is 10.6 Å². The smallest absolute Gasteiger partial charge is 0.408 e. The number of hydrogen-bond donors (Lipinski definition) is 3. The van der Waals surface area contributed by atoms with Crippen molar-refractivity contribution in [2.75, 3.05) is 0 Å². The number of amides is 2. The Morgan fingerprint density at radius 2 is 1.39 bits per heavy atom. The number of nitrogens with one attached hydrogen (secondary N) is 2. The molecule has 0 heterocycles. The lowest BCUT2D eigenvalue weighted by Crippen LogP contribution is -2.53. The van der Waals surface area contributed by atoms with Crippen LogP contribution >= 0.6 is 0 Å². The fraction of sp³-hybridized carbons (Fsp3) is 0.276. The van der Waals surface area contributed by atoms with Gasteiger partial charge in [0.15, 0.2) is 0 Å². The Bertz CT molecular complexity index is 1200. The third-order valence-electron chi connectivity index (χ3n) is 6.31. The molecule has 7 heteroatoms. The van der Waals surface area contributed by atoms with Crippen LogP contribution in [-0.4, -0.2) is 35.2 Å². The summed E-state index contributed by atoms with van der Waals surface area (Å²) >= 11 is 0. The van der Waals surface area contributed by atoms with Gasteiger partial charge in [-0.05, 0) is 40.2 Å². The van der Waals surface area contributed by atoms with E-state index in [1.54, 1.807) is 0 Å². The quantitative estimate of drug-likeness (QED) is 0.406. The molecule has 2 amide bonds. The summed E-state index contributed by atoms with van der Waals surface area (Å²) in [5.41, 5.74) is 4.44. The zero-order chi connectivity index (χ0) is 25.7. The maximum absolute atomic E-state index is 13.3. The molecule has 3 N–H and O–H groups in total. The molecule has 1 aliphatic rings. The second-order valence-electron chi connectivity index (χ2n) is 9.36. The van der Waals surface area contributed by atoms with Crippen molar-refractivity contribution < 1.29 is 24.2 Å². The highest BCUT2D eigenvalue weighted by Crippen LogP contribution is 2.46. The lowest BCUT2D eigenvalue weighted by Gasteiger charge is -2.26. The van der Waals surface area contributed by atoms with Crippen molar-refractivity contribution in [2.24, 2.45) is 5.92 Å². The molecule has 1 aliphatic carbocycles. The van der Waals surface area contributed by atoms with Gasteiger partial charge in [-0.2, -0.15) is 0 Å². The van der Waals surface area contributed by atoms with E-state index in [1.807, 2.05) is 92.7 Å². The largest absolute Gasteiger partial charge is 0.480 e. The second kappa shape index (κ2) is 11.1. The molecule has 186 valence electrons. The Kier molecular flexibility index (Phi) is 7.68. The van der Waals surface area contributed by atoms with Crippen molar-refractivity contribution in [3.05, 3.63) is 95.6 Å². The summed E-state index contributed by atoms with van der Waals surface area (Å²) in [6, 6.07) is 22.3. The first-order valence-corrected chi connectivity index (χ1v) is 12.0. The standard InChI is InChI=1S/C29H30N2O5/c1-18(2)16-24(30-29(35)36-17-19-10-4-3-5-11-19)27(32)31-26(28(33)34)25-22-14-8-6-12-20(22)21-13-7-9-15-23(21)25/h3-15,18,24-26H,16-17H2,1-2H3,(H,30,35)(H,31,32)(H,33,34)/t24-,26+/m0/s1. The third-order valence-corrected chi connectivity index (χ3v) is 6.31. The van der Waals surface area contributed by atoms with E-state index >= 15 is 0 Å². The van der Waals surface area contributed by atoms with Crippen LogP contribution in [0.1, 0.15) is 42.9 Å². The Morgan fingerprint density at radius 3 is 1.94 bits per heavy atom. The molecule has 0 fully saturated rings. The van der Waals surface area contributed by atoms with Gasteiger partial charge in [0.05, 0.1) is 0 Å². The minimum Gasteiger partial charge on any atom is -0.480 e. The van der Waals surface area contributed by atoms with E-state index < -0.39 is 36.0 Å². The van der Waals surface area contributed by atoms with E-state index in [2.05, 4.69) is 10.6 Å². The first-order chi connectivity index (χ1) is 17.3. The van der Waals surface area contributed by atoms with Gasteiger partial charge in [-0.1, -0.05) is 92.7 Å². The Morgan fingerprint density at radius 1 is 0.833 bits per heavy atom. The van der Waals surface area contributed by atoms with Crippen LogP contribution in [-0.2, 0) is 20.9 Å². The van der Waals surface area contributed by atoms with Crippen LogP contribution in [0.15, 0.2) is 78.9 Å². The number of hydrogen-bond acceptors (Lipinski definition) is 4. The molecule has 0 saturated carbocycles. The molecule has 4 rings (SSSR count). The van der Waals surface area contributed by atoms with Gasteiger partial charge < -0.3 is 20.5 Å². The summed E-state index contributed by atoms with van der Waals surface area (Å²) in [5.74, 6) is -2.18. The topological polar surface area (TPSA) is 105 Å².